The van der Waals surface area contributed by atoms with E-state index in [4.69, 9.17) is 9.47 Å². The molecule has 3 unspecified atom stereocenters. The Morgan fingerprint density at radius 1 is 1.26 bits per heavy atom. The molecule has 2 rings (SSSR count). The van der Waals surface area contributed by atoms with E-state index in [9.17, 15) is 19.7 Å². The van der Waals surface area contributed by atoms with Crippen LogP contribution in [0.5, 0.6) is 0 Å². The molecule has 8 nitrogen and oxygen atoms in total. The van der Waals surface area contributed by atoms with Crippen molar-refractivity contribution in [1.29, 1.82) is 0 Å². The van der Waals surface area contributed by atoms with Crippen molar-refractivity contribution in [1.82, 2.24) is 5.32 Å². The summed E-state index contributed by atoms with van der Waals surface area (Å²) in [5.74, 6) is -2.85. The van der Waals surface area contributed by atoms with Crippen LogP contribution in [0.15, 0.2) is 35.5 Å². The van der Waals surface area contributed by atoms with E-state index in [0.717, 1.165) is 0 Å². The maximum absolute atomic E-state index is 12.8. The molecule has 0 amide bonds. The molecule has 3 atom stereocenters. The molecule has 0 aliphatic carbocycles. The van der Waals surface area contributed by atoms with Crippen molar-refractivity contribution in [3.05, 3.63) is 51.2 Å². The Kier molecular flexibility index (Phi) is 6.20. The maximum atomic E-state index is 12.8. The first-order chi connectivity index (χ1) is 12.7. The Morgan fingerprint density at radius 3 is 2.44 bits per heavy atom. The van der Waals surface area contributed by atoms with Gasteiger partial charge in [0.25, 0.3) is 5.69 Å². The molecule has 0 spiro atoms. The number of nitro benzene ring substituents is 1. The summed E-state index contributed by atoms with van der Waals surface area (Å²) in [5.41, 5.74) is 0.845. The van der Waals surface area contributed by atoms with Crippen LogP contribution >= 0.6 is 0 Å². The number of nitrogens with zero attached hydrogens (tertiary/aromatic N) is 1. The van der Waals surface area contributed by atoms with Gasteiger partial charge in [0.2, 0.25) is 0 Å². The number of hydrogen-bond acceptors (Lipinski definition) is 7. The van der Waals surface area contributed by atoms with Crippen molar-refractivity contribution in [2.75, 3.05) is 7.11 Å². The van der Waals surface area contributed by atoms with Crippen LogP contribution in [-0.4, -0.2) is 36.1 Å². The van der Waals surface area contributed by atoms with Crippen LogP contribution in [0.3, 0.4) is 0 Å². The zero-order chi connectivity index (χ0) is 20.3. The van der Waals surface area contributed by atoms with E-state index in [2.05, 4.69) is 5.32 Å². The predicted octanol–water partition coefficient (Wildman–Crippen LogP) is 2.68. The average molecular weight is 376 g/mol. The molecule has 1 aliphatic heterocycles. The molecule has 146 valence electrons. The standard InChI is InChI=1S/C19H24N2O6/c1-10(2)27-19(23)16-12(4)20-11(3)15(18(22)26-5)17(16)13-8-6-7-9-14(13)21(24)25/h6-11,15,17,20H,1-5H3. The van der Waals surface area contributed by atoms with Crippen molar-refractivity contribution in [3.8, 4) is 0 Å². The third-order valence-corrected chi connectivity index (χ3v) is 4.56. The SMILES string of the molecule is COC(=O)C1C(C)NC(C)=C(C(=O)OC(C)C)C1c1ccccc1[N+](=O)[O-]. The average Bonchev–Trinajstić information content (AvgIpc) is 2.59. The lowest BCUT2D eigenvalue weighted by molar-refractivity contribution is -0.385. The molecular formula is C19H24N2O6. The topological polar surface area (TPSA) is 108 Å². The second-order valence-corrected chi connectivity index (χ2v) is 6.77. The first kappa shape index (κ1) is 20.4. The molecule has 0 aromatic heterocycles. The van der Waals surface area contributed by atoms with Crippen LogP contribution in [0.1, 0.15) is 39.2 Å². The number of hydrogen-bond donors (Lipinski definition) is 1. The minimum absolute atomic E-state index is 0.159. The Hall–Kier alpha value is -2.90. The van der Waals surface area contributed by atoms with Gasteiger partial charge in [0, 0.05) is 29.3 Å². The first-order valence-electron chi connectivity index (χ1n) is 8.68. The van der Waals surface area contributed by atoms with Gasteiger partial charge in [-0.05, 0) is 27.7 Å². The van der Waals surface area contributed by atoms with Gasteiger partial charge < -0.3 is 14.8 Å². The molecule has 1 N–H and O–H groups in total. The van der Waals surface area contributed by atoms with Gasteiger partial charge in [-0.1, -0.05) is 18.2 Å². The molecule has 0 radical (unpaired) electrons. The van der Waals surface area contributed by atoms with Crippen molar-refractivity contribution < 1.29 is 24.0 Å². The molecule has 1 aliphatic rings. The van der Waals surface area contributed by atoms with E-state index in [-0.39, 0.29) is 22.9 Å². The van der Waals surface area contributed by atoms with Gasteiger partial charge in [0.05, 0.1) is 29.6 Å². The van der Waals surface area contributed by atoms with Crippen LogP contribution in [-0.2, 0) is 19.1 Å². The Bertz CT molecular complexity index is 786. The smallest absolute Gasteiger partial charge is 0.336 e. The fourth-order valence-corrected chi connectivity index (χ4v) is 3.51. The van der Waals surface area contributed by atoms with Crippen molar-refractivity contribution in [2.24, 2.45) is 5.92 Å². The monoisotopic (exact) mass is 376 g/mol. The number of carbonyl (C=O) groups is 2. The summed E-state index contributed by atoms with van der Waals surface area (Å²) >= 11 is 0. The van der Waals surface area contributed by atoms with Gasteiger partial charge >= 0.3 is 11.9 Å². The number of nitrogens with one attached hydrogen (secondary N) is 1. The zero-order valence-electron chi connectivity index (χ0n) is 16.0. The van der Waals surface area contributed by atoms with Crippen LogP contribution in [0.4, 0.5) is 5.69 Å². The van der Waals surface area contributed by atoms with E-state index in [0.29, 0.717) is 5.70 Å². The number of para-hydroxylation sites is 1. The van der Waals surface area contributed by atoms with Crippen LogP contribution < -0.4 is 5.32 Å². The molecule has 1 heterocycles. The number of esters is 2. The molecule has 0 bridgehead atoms. The van der Waals surface area contributed by atoms with Gasteiger partial charge in [-0.2, -0.15) is 0 Å². The highest BCUT2D eigenvalue weighted by Crippen LogP contribution is 2.43. The molecule has 0 fully saturated rings. The number of carbonyl (C=O) groups excluding carboxylic acids is 2. The van der Waals surface area contributed by atoms with E-state index in [1.54, 1.807) is 45.9 Å². The maximum Gasteiger partial charge on any atom is 0.336 e. The predicted molar refractivity (Wildman–Crippen MR) is 97.9 cm³/mol. The molecule has 1 aromatic rings. The van der Waals surface area contributed by atoms with Gasteiger partial charge in [0.1, 0.15) is 0 Å². The molecule has 8 heteroatoms. The van der Waals surface area contributed by atoms with Crippen LogP contribution in [0.25, 0.3) is 0 Å². The van der Waals surface area contributed by atoms with E-state index in [1.165, 1.54) is 13.2 Å². The fourth-order valence-electron chi connectivity index (χ4n) is 3.51. The number of ether oxygens (including phenoxy) is 2. The largest absolute Gasteiger partial charge is 0.469 e. The minimum atomic E-state index is -0.860. The lowest BCUT2D eigenvalue weighted by Crippen LogP contribution is -2.47. The van der Waals surface area contributed by atoms with Gasteiger partial charge in [-0.15, -0.1) is 0 Å². The third-order valence-electron chi connectivity index (χ3n) is 4.56. The number of rotatable bonds is 5. The van der Waals surface area contributed by atoms with E-state index < -0.39 is 34.7 Å². The van der Waals surface area contributed by atoms with Crippen LogP contribution in [0, 0.1) is 16.0 Å². The number of nitro groups is 1. The van der Waals surface area contributed by atoms with Crippen LogP contribution in [0.2, 0.25) is 0 Å². The summed E-state index contributed by atoms with van der Waals surface area (Å²) in [7, 11) is 1.25. The molecular weight excluding hydrogens is 352 g/mol. The number of benzene rings is 1. The van der Waals surface area contributed by atoms with Gasteiger partial charge in [-0.3, -0.25) is 14.9 Å². The summed E-state index contributed by atoms with van der Waals surface area (Å²) in [6.45, 7) is 6.90. The Labute approximate surface area is 157 Å². The molecule has 27 heavy (non-hydrogen) atoms. The molecule has 1 aromatic carbocycles. The quantitative estimate of drug-likeness (QED) is 0.478. The lowest BCUT2D eigenvalue weighted by atomic mass is 9.73. The normalized spacial score (nSPS) is 22.2. The highest BCUT2D eigenvalue weighted by Gasteiger charge is 2.46. The highest BCUT2D eigenvalue weighted by atomic mass is 16.6. The van der Waals surface area contributed by atoms with Gasteiger partial charge in [0.15, 0.2) is 0 Å². The summed E-state index contributed by atoms with van der Waals surface area (Å²) in [5, 5.41) is 14.7. The number of methoxy groups -OCH3 is 1. The van der Waals surface area contributed by atoms with E-state index in [1.807, 2.05) is 0 Å². The second kappa shape index (κ2) is 8.20. The molecule has 0 saturated heterocycles. The third kappa shape index (κ3) is 4.10. The van der Waals surface area contributed by atoms with E-state index >= 15 is 0 Å². The first-order valence-corrected chi connectivity index (χ1v) is 8.68. The van der Waals surface area contributed by atoms with Crippen molar-refractivity contribution in [2.45, 2.75) is 45.8 Å². The van der Waals surface area contributed by atoms with Crippen molar-refractivity contribution >= 4 is 17.6 Å². The molecule has 0 saturated carbocycles. The lowest BCUT2D eigenvalue weighted by Gasteiger charge is -2.37. The summed E-state index contributed by atoms with van der Waals surface area (Å²) in [6.07, 6.45) is -0.375. The van der Waals surface area contributed by atoms with Gasteiger partial charge in [-0.25, -0.2) is 4.79 Å². The highest BCUT2D eigenvalue weighted by molar-refractivity contribution is 5.94. The zero-order valence-corrected chi connectivity index (χ0v) is 16.0. The summed E-state index contributed by atoms with van der Waals surface area (Å²) in [4.78, 5) is 36.4. The minimum Gasteiger partial charge on any atom is -0.469 e. The van der Waals surface area contributed by atoms with Crippen molar-refractivity contribution in [3.63, 3.8) is 0 Å². The summed E-state index contributed by atoms with van der Waals surface area (Å²) < 4.78 is 10.3. The Morgan fingerprint density at radius 2 is 1.89 bits per heavy atom. The Balaban J connectivity index is 2.72. The second-order valence-electron chi connectivity index (χ2n) is 6.77. The number of allylic oxidation sites excluding steroid dienone is 1. The summed E-state index contributed by atoms with van der Waals surface area (Å²) in [6, 6.07) is 5.72. The fraction of sp³-hybridized carbons (Fsp3) is 0.474.